The molecule has 3 fully saturated rings. The predicted molar refractivity (Wildman–Crippen MR) is 204 cm³/mol. The van der Waals surface area contributed by atoms with Crippen LogP contribution in [0.1, 0.15) is 143 Å². The molecule has 49 heavy (non-hydrogen) atoms. The Labute approximate surface area is 300 Å². The van der Waals surface area contributed by atoms with E-state index in [0.29, 0.717) is 6.61 Å². The second-order valence-corrected chi connectivity index (χ2v) is 20.6. The molecule has 5 rings (SSSR count). The highest BCUT2D eigenvalue weighted by Crippen LogP contribution is 2.39. The molecule has 5 nitrogen and oxygen atoms in total. The molecular weight excluding hydrogens is 625 g/mol. The topological polar surface area (TPSA) is 57.2 Å². The van der Waals surface area contributed by atoms with Crippen molar-refractivity contribution in [2.24, 2.45) is 0 Å². The number of hydrogen-bond donors (Lipinski definition) is 1. The van der Waals surface area contributed by atoms with Crippen molar-refractivity contribution >= 4 is 18.7 Å². The van der Waals surface area contributed by atoms with Crippen molar-refractivity contribution < 1.29 is 23.7 Å². The van der Waals surface area contributed by atoms with E-state index in [4.69, 9.17) is 18.6 Å². The zero-order chi connectivity index (χ0) is 34.5. The lowest BCUT2D eigenvalue weighted by atomic mass is 10.0. The monoisotopic (exact) mass is 692 g/mol. The largest absolute Gasteiger partial charge is 0.407 e. The van der Waals surface area contributed by atoms with Crippen LogP contribution in [0.5, 0.6) is 0 Å². The Morgan fingerprint density at radius 3 is 1.71 bits per heavy atom. The quantitative estimate of drug-likeness (QED) is 0.111. The third-order valence-electron chi connectivity index (χ3n) is 11.6. The predicted octanol–water partition coefficient (Wildman–Crippen LogP) is 9.27. The standard InChI is InChI=1S/C43H68O5Si/c1-5-6-7-8-9-10-11-12-13-20-25-37(44)38-28-29-41(47-38)42-31-30-40(48-42)39-27-26-34(46-39)32-33-45-49(43(2,3)4,35-21-16-14-17-22-35)36-23-18-15-19-24-36/h14-19,21-24,34,37-42,44H,5-13,20,25-33H2,1-4H3/t34-,37-,38-,39-,40-,41-,42-/m1/s1. The molecule has 6 heteroatoms. The van der Waals surface area contributed by atoms with Crippen LogP contribution in [0.15, 0.2) is 60.7 Å². The summed E-state index contributed by atoms with van der Waals surface area (Å²) in [6.45, 7) is 9.98. The van der Waals surface area contributed by atoms with Gasteiger partial charge in [-0.3, -0.25) is 0 Å². The summed E-state index contributed by atoms with van der Waals surface area (Å²) in [5.74, 6) is 0. The Hall–Kier alpha value is -1.54. The van der Waals surface area contributed by atoms with Gasteiger partial charge in [-0.15, -0.1) is 0 Å². The SMILES string of the molecule is CCCCCCCCCCCC[C@@H](O)[C@H]1CC[C@H]([C@H]2CC[C@H]([C@H]3CC[C@H](CCO[Si](c4ccccc4)(c4ccccc4)C(C)(C)C)O3)O2)O1. The number of ether oxygens (including phenoxy) is 3. The lowest BCUT2D eigenvalue weighted by molar-refractivity contribution is -0.117. The van der Waals surface area contributed by atoms with Gasteiger partial charge in [-0.05, 0) is 66.8 Å². The summed E-state index contributed by atoms with van der Waals surface area (Å²) in [5, 5.41) is 13.5. The zero-order valence-corrected chi connectivity index (χ0v) is 32.3. The van der Waals surface area contributed by atoms with Crippen molar-refractivity contribution in [3.05, 3.63) is 60.7 Å². The third-order valence-corrected chi connectivity index (χ3v) is 16.6. The van der Waals surface area contributed by atoms with E-state index >= 15 is 0 Å². The molecule has 3 saturated heterocycles. The van der Waals surface area contributed by atoms with Crippen molar-refractivity contribution in [2.75, 3.05) is 6.61 Å². The van der Waals surface area contributed by atoms with Gasteiger partial charge in [0.05, 0.1) is 42.7 Å². The van der Waals surface area contributed by atoms with Crippen molar-refractivity contribution in [3.63, 3.8) is 0 Å². The third kappa shape index (κ3) is 10.5. The minimum atomic E-state index is -2.53. The second-order valence-electron chi connectivity index (χ2n) is 16.3. The van der Waals surface area contributed by atoms with Gasteiger partial charge in [0.15, 0.2) is 0 Å². The minimum Gasteiger partial charge on any atom is -0.407 e. The molecule has 0 amide bonds. The van der Waals surface area contributed by atoms with Crippen LogP contribution >= 0.6 is 0 Å². The Morgan fingerprint density at radius 2 is 1.14 bits per heavy atom. The first kappa shape index (κ1) is 38.7. The lowest BCUT2D eigenvalue weighted by Crippen LogP contribution is -2.66. The number of rotatable bonds is 20. The fourth-order valence-electron chi connectivity index (χ4n) is 8.83. The van der Waals surface area contributed by atoms with Crippen molar-refractivity contribution in [1.82, 2.24) is 0 Å². The molecule has 3 aliphatic heterocycles. The van der Waals surface area contributed by atoms with E-state index in [1.807, 2.05) is 0 Å². The fourth-order valence-corrected chi connectivity index (χ4v) is 13.4. The molecule has 3 heterocycles. The molecule has 0 saturated carbocycles. The first-order valence-corrected chi connectivity index (χ1v) is 22.1. The second kappa shape index (κ2) is 19.3. The normalized spacial score (nSPS) is 26.8. The highest BCUT2D eigenvalue weighted by Gasteiger charge is 2.50. The highest BCUT2D eigenvalue weighted by molar-refractivity contribution is 6.99. The number of hydrogen-bond acceptors (Lipinski definition) is 5. The van der Waals surface area contributed by atoms with Gasteiger partial charge in [-0.1, -0.05) is 153 Å². The van der Waals surface area contributed by atoms with Crippen LogP contribution in [0.3, 0.4) is 0 Å². The smallest absolute Gasteiger partial charge is 0.261 e. The van der Waals surface area contributed by atoms with E-state index in [2.05, 4.69) is 88.4 Å². The van der Waals surface area contributed by atoms with Crippen LogP contribution < -0.4 is 10.4 Å². The lowest BCUT2D eigenvalue weighted by Gasteiger charge is -2.43. The summed E-state index contributed by atoms with van der Waals surface area (Å²) >= 11 is 0. The van der Waals surface area contributed by atoms with E-state index in [1.54, 1.807) is 0 Å². The summed E-state index contributed by atoms with van der Waals surface area (Å²) < 4.78 is 26.9. The van der Waals surface area contributed by atoms with Gasteiger partial charge in [0.2, 0.25) is 0 Å². The summed E-state index contributed by atoms with van der Waals surface area (Å²) in [6, 6.07) is 21.8. The Morgan fingerprint density at radius 1 is 0.653 bits per heavy atom. The molecule has 7 atom stereocenters. The maximum atomic E-state index is 10.9. The Balaban J connectivity index is 1.02. The number of aliphatic hydroxyl groups is 1. The summed E-state index contributed by atoms with van der Waals surface area (Å²) in [7, 11) is -2.53. The van der Waals surface area contributed by atoms with Crippen LogP contribution in [-0.2, 0) is 18.6 Å². The van der Waals surface area contributed by atoms with E-state index in [1.165, 1.54) is 68.2 Å². The van der Waals surface area contributed by atoms with E-state index in [-0.39, 0.29) is 47.8 Å². The molecule has 0 bridgehead atoms. The molecule has 0 aromatic heterocycles. The van der Waals surface area contributed by atoms with E-state index in [9.17, 15) is 5.11 Å². The van der Waals surface area contributed by atoms with Gasteiger partial charge in [-0.25, -0.2) is 0 Å². The van der Waals surface area contributed by atoms with Gasteiger partial charge in [0, 0.05) is 6.61 Å². The van der Waals surface area contributed by atoms with Crippen LogP contribution in [0.2, 0.25) is 5.04 Å². The first-order valence-electron chi connectivity index (χ1n) is 20.2. The first-order chi connectivity index (χ1) is 23.8. The average molecular weight is 693 g/mol. The van der Waals surface area contributed by atoms with E-state index in [0.717, 1.165) is 57.8 Å². The number of benzene rings is 2. The molecule has 2 aromatic rings. The molecule has 1 N–H and O–H groups in total. The van der Waals surface area contributed by atoms with Crippen LogP contribution in [0.4, 0.5) is 0 Å². The highest BCUT2D eigenvalue weighted by atomic mass is 28.4. The van der Waals surface area contributed by atoms with Crippen LogP contribution in [0.25, 0.3) is 0 Å². The number of unbranched alkanes of at least 4 members (excludes halogenated alkanes) is 9. The molecule has 3 aliphatic rings. The minimum absolute atomic E-state index is 0.0220. The molecule has 0 spiro atoms. The Bertz CT molecular complexity index is 1150. The molecule has 0 unspecified atom stereocenters. The van der Waals surface area contributed by atoms with Crippen LogP contribution in [0, 0.1) is 0 Å². The summed E-state index contributed by atoms with van der Waals surface area (Å²) in [5.41, 5.74) is 0. The maximum Gasteiger partial charge on any atom is 0.261 e. The Kier molecular flexibility index (Phi) is 15.3. The van der Waals surface area contributed by atoms with E-state index < -0.39 is 8.32 Å². The van der Waals surface area contributed by atoms with Gasteiger partial charge in [-0.2, -0.15) is 0 Å². The molecule has 274 valence electrons. The van der Waals surface area contributed by atoms with Crippen molar-refractivity contribution in [2.45, 2.75) is 191 Å². The molecular formula is C43H68O5Si. The van der Waals surface area contributed by atoms with Gasteiger partial charge >= 0.3 is 0 Å². The fraction of sp³-hybridized carbons (Fsp3) is 0.721. The van der Waals surface area contributed by atoms with Gasteiger partial charge < -0.3 is 23.7 Å². The molecule has 2 aromatic carbocycles. The zero-order valence-electron chi connectivity index (χ0n) is 31.3. The summed E-state index contributed by atoms with van der Waals surface area (Å²) in [4.78, 5) is 0. The van der Waals surface area contributed by atoms with Gasteiger partial charge in [0.25, 0.3) is 8.32 Å². The maximum absolute atomic E-state index is 10.9. The summed E-state index contributed by atoms with van der Waals surface area (Å²) in [6.07, 6.45) is 21.4. The molecule has 0 aliphatic carbocycles. The number of aliphatic hydroxyl groups excluding tert-OH is 1. The van der Waals surface area contributed by atoms with Crippen molar-refractivity contribution in [3.8, 4) is 0 Å². The van der Waals surface area contributed by atoms with Gasteiger partial charge in [0.1, 0.15) is 0 Å². The van der Waals surface area contributed by atoms with Crippen molar-refractivity contribution in [1.29, 1.82) is 0 Å². The van der Waals surface area contributed by atoms with Crippen LogP contribution in [-0.4, -0.2) is 62.8 Å². The average Bonchev–Trinajstić information content (AvgIpc) is 3.89. The molecule has 0 radical (unpaired) electrons.